The van der Waals surface area contributed by atoms with Crippen LogP contribution in [0.3, 0.4) is 0 Å². The number of nitrogens with one attached hydrogen (secondary N) is 3. The van der Waals surface area contributed by atoms with Gasteiger partial charge < -0.3 is 25.6 Å². The molecule has 8 nitrogen and oxygen atoms in total. The van der Waals surface area contributed by atoms with Crippen LogP contribution >= 0.6 is 15.9 Å². The van der Waals surface area contributed by atoms with Crippen LogP contribution in [0.15, 0.2) is 69.3 Å². The third-order valence-electron chi connectivity index (χ3n) is 3.37. The number of oxime groups is 1. The van der Waals surface area contributed by atoms with Crippen molar-refractivity contribution >= 4 is 44.9 Å². The van der Waals surface area contributed by atoms with Gasteiger partial charge in [-0.2, -0.15) is 0 Å². The normalized spacial score (nSPS) is 11.1. The molecule has 0 atom stereocenters. The van der Waals surface area contributed by atoms with Gasteiger partial charge in [-0.3, -0.25) is 4.98 Å². The number of nitrogens with zero attached hydrogens (tertiary/aromatic N) is 2. The molecule has 27 heavy (non-hydrogen) atoms. The second-order valence-electron chi connectivity index (χ2n) is 5.22. The molecule has 0 saturated heterocycles. The van der Waals surface area contributed by atoms with E-state index in [1.807, 2.05) is 0 Å². The van der Waals surface area contributed by atoms with Crippen molar-refractivity contribution in [3.05, 3.63) is 71.1 Å². The van der Waals surface area contributed by atoms with Gasteiger partial charge in [0, 0.05) is 11.9 Å². The number of carbonyl (C=O) groups is 1. The number of benzene rings is 1. The van der Waals surface area contributed by atoms with E-state index in [1.165, 1.54) is 36.9 Å². The van der Waals surface area contributed by atoms with Gasteiger partial charge >= 0.3 is 6.03 Å². The Morgan fingerprint density at radius 1 is 1.19 bits per heavy atom. The van der Waals surface area contributed by atoms with Crippen molar-refractivity contribution in [3.8, 4) is 0 Å². The van der Waals surface area contributed by atoms with Gasteiger partial charge in [0.15, 0.2) is 5.84 Å². The second-order valence-corrected chi connectivity index (χ2v) is 6.08. The number of rotatable bonds is 4. The lowest BCUT2D eigenvalue weighted by Crippen LogP contribution is -2.22. The van der Waals surface area contributed by atoms with Crippen molar-refractivity contribution in [2.75, 3.05) is 16.0 Å². The van der Waals surface area contributed by atoms with Gasteiger partial charge in [0.05, 0.1) is 27.6 Å². The van der Waals surface area contributed by atoms with Crippen molar-refractivity contribution in [3.63, 3.8) is 0 Å². The molecular formula is C17H13BrFN5O3. The van der Waals surface area contributed by atoms with Gasteiger partial charge in [-0.05, 0) is 46.3 Å². The fraction of sp³-hybridized carbons (Fsp3) is 0. The lowest BCUT2D eigenvalue weighted by atomic mass is 10.2. The zero-order valence-corrected chi connectivity index (χ0v) is 15.2. The molecule has 3 rings (SSSR count). The number of hydrogen-bond donors (Lipinski definition) is 4. The van der Waals surface area contributed by atoms with E-state index in [2.05, 4.69) is 42.0 Å². The molecule has 0 unspecified atom stereocenters. The number of pyridine rings is 1. The summed E-state index contributed by atoms with van der Waals surface area (Å²) in [5, 5.41) is 20.5. The van der Waals surface area contributed by atoms with Crippen molar-refractivity contribution in [2.24, 2.45) is 5.16 Å². The minimum absolute atomic E-state index is 0.000985. The molecule has 138 valence electrons. The van der Waals surface area contributed by atoms with Crippen molar-refractivity contribution < 1.29 is 18.8 Å². The van der Waals surface area contributed by atoms with Gasteiger partial charge in [-0.25, -0.2) is 9.18 Å². The van der Waals surface area contributed by atoms with Crippen LogP contribution in [0.1, 0.15) is 5.56 Å². The minimum Gasteiger partial charge on any atom is -0.470 e. The predicted octanol–water partition coefficient (Wildman–Crippen LogP) is 4.47. The Labute approximate surface area is 161 Å². The zero-order chi connectivity index (χ0) is 19.2. The van der Waals surface area contributed by atoms with Gasteiger partial charge in [0.1, 0.15) is 18.3 Å². The third-order valence-corrected chi connectivity index (χ3v) is 3.97. The molecule has 2 heterocycles. The molecular weight excluding hydrogens is 421 g/mol. The van der Waals surface area contributed by atoms with Crippen LogP contribution < -0.4 is 16.0 Å². The van der Waals surface area contributed by atoms with E-state index in [9.17, 15) is 14.4 Å². The second kappa shape index (κ2) is 8.32. The Morgan fingerprint density at radius 3 is 2.74 bits per heavy atom. The predicted molar refractivity (Wildman–Crippen MR) is 102 cm³/mol. The first-order valence-corrected chi connectivity index (χ1v) is 8.35. The van der Waals surface area contributed by atoms with Crippen molar-refractivity contribution in [1.29, 1.82) is 0 Å². The Hall–Kier alpha value is -3.40. The molecule has 0 aliphatic rings. The SMILES string of the molecule is O=C(Nc1cccnc1)Nc1cocc1/C(=N/O)Nc1ccc(F)c(Br)c1. The summed E-state index contributed by atoms with van der Waals surface area (Å²) in [4.78, 5) is 16.0. The maximum Gasteiger partial charge on any atom is 0.323 e. The third kappa shape index (κ3) is 4.61. The van der Waals surface area contributed by atoms with Crippen LogP contribution in [0.5, 0.6) is 0 Å². The largest absolute Gasteiger partial charge is 0.470 e. The summed E-state index contributed by atoms with van der Waals surface area (Å²) in [6.07, 6.45) is 5.65. The Bertz CT molecular complexity index is 978. The van der Waals surface area contributed by atoms with E-state index in [1.54, 1.807) is 18.3 Å². The summed E-state index contributed by atoms with van der Waals surface area (Å²) in [5.74, 6) is -0.431. The topological polar surface area (TPSA) is 112 Å². The maximum absolute atomic E-state index is 13.3. The molecule has 0 aliphatic carbocycles. The molecule has 10 heteroatoms. The molecule has 2 aromatic heterocycles. The maximum atomic E-state index is 13.3. The smallest absolute Gasteiger partial charge is 0.323 e. The van der Waals surface area contributed by atoms with Crippen LogP contribution in [0.2, 0.25) is 0 Å². The fourth-order valence-corrected chi connectivity index (χ4v) is 2.53. The lowest BCUT2D eigenvalue weighted by Gasteiger charge is -2.10. The molecule has 4 N–H and O–H groups in total. The van der Waals surface area contributed by atoms with Crippen molar-refractivity contribution in [1.82, 2.24) is 4.98 Å². The summed E-state index contributed by atoms with van der Waals surface area (Å²) in [6.45, 7) is 0. The summed E-state index contributed by atoms with van der Waals surface area (Å²) >= 11 is 3.08. The van der Waals surface area contributed by atoms with Crippen LogP contribution in [0, 0.1) is 5.82 Å². The summed E-state index contributed by atoms with van der Waals surface area (Å²) in [5.41, 5.74) is 1.52. The quantitative estimate of drug-likeness (QED) is 0.210. The molecule has 0 aliphatic heterocycles. The number of amidine groups is 1. The first kappa shape index (κ1) is 18.4. The number of furan rings is 1. The highest BCUT2D eigenvalue weighted by atomic mass is 79.9. The fourth-order valence-electron chi connectivity index (χ4n) is 2.16. The van der Waals surface area contributed by atoms with E-state index in [-0.39, 0.29) is 16.0 Å². The van der Waals surface area contributed by atoms with Gasteiger partial charge in [0.25, 0.3) is 0 Å². The van der Waals surface area contributed by atoms with E-state index in [4.69, 9.17) is 4.42 Å². The number of halogens is 2. The molecule has 0 fully saturated rings. The van der Waals surface area contributed by atoms with Gasteiger partial charge in [-0.1, -0.05) is 5.16 Å². The van der Waals surface area contributed by atoms with E-state index < -0.39 is 11.8 Å². The highest BCUT2D eigenvalue weighted by molar-refractivity contribution is 9.10. The van der Waals surface area contributed by atoms with E-state index in [0.29, 0.717) is 16.9 Å². The molecule has 0 saturated carbocycles. The highest BCUT2D eigenvalue weighted by Crippen LogP contribution is 2.23. The Kier molecular flexibility index (Phi) is 5.67. The minimum atomic E-state index is -0.535. The number of aromatic nitrogens is 1. The van der Waals surface area contributed by atoms with E-state index >= 15 is 0 Å². The summed E-state index contributed by atoms with van der Waals surface area (Å²) in [6, 6.07) is 7.01. The Balaban J connectivity index is 1.74. The summed E-state index contributed by atoms with van der Waals surface area (Å²) < 4.78 is 18.7. The van der Waals surface area contributed by atoms with Crippen molar-refractivity contribution in [2.45, 2.75) is 0 Å². The van der Waals surface area contributed by atoms with Gasteiger partial charge in [0.2, 0.25) is 0 Å². The standard InChI is InChI=1S/C17H13BrFN5O3/c18-13-6-10(3-4-14(13)19)21-16(24-26)12-8-27-9-15(12)23-17(25)22-11-2-1-5-20-7-11/h1-9,26H,(H,21,24)(H2,22,23,25). The first-order chi connectivity index (χ1) is 13.1. The van der Waals surface area contributed by atoms with Crippen LogP contribution in [0.4, 0.5) is 26.2 Å². The van der Waals surface area contributed by atoms with Gasteiger partial charge in [-0.15, -0.1) is 0 Å². The molecule has 2 amide bonds. The van der Waals surface area contributed by atoms with Crippen LogP contribution in [0.25, 0.3) is 0 Å². The zero-order valence-electron chi connectivity index (χ0n) is 13.6. The Morgan fingerprint density at radius 2 is 2.04 bits per heavy atom. The van der Waals surface area contributed by atoms with Crippen LogP contribution in [-0.2, 0) is 0 Å². The molecule has 3 aromatic rings. The van der Waals surface area contributed by atoms with E-state index in [0.717, 1.165) is 0 Å². The average molecular weight is 434 g/mol. The average Bonchev–Trinajstić information content (AvgIpc) is 3.11. The number of carbonyl (C=O) groups excluding carboxylic acids is 1. The molecule has 0 bridgehead atoms. The summed E-state index contributed by atoms with van der Waals surface area (Å²) in [7, 11) is 0. The lowest BCUT2D eigenvalue weighted by molar-refractivity contribution is 0.262. The number of urea groups is 1. The molecule has 1 aromatic carbocycles. The number of anilines is 3. The monoisotopic (exact) mass is 433 g/mol. The number of amides is 2. The first-order valence-electron chi connectivity index (χ1n) is 7.55. The molecule has 0 radical (unpaired) electrons. The highest BCUT2D eigenvalue weighted by Gasteiger charge is 2.16. The number of hydrogen-bond acceptors (Lipinski definition) is 5. The van der Waals surface area contributed by atoms with Crippen LogP contribution in [-0.4, -0.2) is 22.1 Å². The molecule has 0 spiro atoms.